The lowest BCUT2D eigenvalue weighted by Crippen LogP contribution is -1.96. The third kappa shape index (κ3) is 6.39. The fraction of sp³-hybridized carbons (Fsp3) is 0. The Morgan fingerprint density at radius 2 is 0.570 bits per heavy atom. The maximum Gasteiger partial charge on any atom is 0.0619 e. The SMILES string of the molecule is c1ccc(-n2c3ccccc3c3cccc(-c4c5ccccc5c(-c5ccc6sc7c(-c8c9ccccc9c(-c9cccc%10c%11ccccc%11n(-c%11ccccc%11)c9%10)c9ccccc89)cccc7c6c5)c5ccccc45)c32)cc1. The van der Waals surface area contributed by atoms with Crippen molar-refractivity contribution in [2.75, 3.05) is 0 Å². The smallest absolute Gasteiger partial charge is 0.0619 e. The molecule has 0 saturated carbocycles. The largest absolute Gasteiger partial charge is 0.309 e. The van der Waals surface area contributed by atoms with E-state index >= 15 is 0 Å². The Kier molecular flexibility index (Phi) is 9.62. The molecule has 3 aromatic heterocycles. The molecule has 0 aliphatic heterocycles. The molecule has 17 rings (SSSR count). The Balaban J connectivity index is 0.883. The van der Waals surface area contributed by atoms with E-state index in [2.05, 4.69) is 288 Å². The molecule has 2 nitrogen and oxygen atoms in total. The summed E-state index contributed by atoms with van der Waals surface area (Å²) in [5.74, 6) is 0. The molecular formula is C76H46N2S. The van der Waals surface area contributed by atoms with Gasteiger partial charge in [0.25, 0.3) is 0 Å². The van der Waals surface area contributed by atoms with Crippen molar-refractivity contribution in [1.29, 1.82) is 0 Å². The first kappa shape index (κ1) is 44.1. The molecule has 0 N–H and O–H groups in total. The van der Waals surface area contributed by atoms with Gasteiger partial charge in [-0.05, 0) is 119 Å². The summed E-state index contributed by atoms with van der Waals surface area (Å²) >= 11 is 1.91. The standard InChI is InChI=1S/C76H46N2S/c1-3-22-48(23-4-1)77-67-42-17-15-26-50(67)60-36-19-39-63(74(60)77)71-54-30-9-7-28-52(54)70(53-29-8-10-31-55(53)71)47-44-45-69-66(46-47)62-38-21-41-65(76(62)79-69)73-58-34-13-11-32-56(58)72(57-33-12-14-35-59(57)73)64-40-20-37-61-51-27-16-18-43-68(51)78(75(61)64)49-24-5-2-6-25-49/h1-46H. The van der Waals surface area contributed by atoms with Crippen molar-refractivity contribution in [1.82, 2.24) is 9.13 Å². The highest BCUT2D eigenvalue weighted by molar-refractivity contribution is 7.26. The van der Waals surface area contributed by atoms with Gasteiger partial charge < -0.3 is 9.13 Å². The number of aromatic nitrogens is 2. The van der Waals surface area contributed by atoms with Crippen molar-refractivity contribution >= 4 is 118 Å². The topological polar surface area (TPSA) is 9.86 Å². The molecule has 14 aromatic carbocycles. The number of fused-ring (bicyclic) bond motifs is 13. The van der Waals surface area contributed by atoms with E-state index in [1.54, 1.807) is 0 Å². The van der Waals surface area contributed by atoms with E-state index in [0.717, 1.165) is 11.4 Å². The zero-order chi connectivity index (χ0) is 51.7. The highest BCUT2D eigenvalue weighted by Crippen LogP contribution is 2.52. The van der Waals surface area contributed by atoms with Crippen LogP contribution >= 0.6 is 11.3 Å². The fourth-order valence-electron chi connectivity index (χ4n) is 13.7. The molecular weight excluding hydrogens is 973 g/mol. The van der Waals surface area contributed by atoms with Crippen LogP contribution in [-0.4, -0.2) is 9.13 Å². The van der Waals surface area contributed by atoms with Crippen LogP contribution in [0.15, 0.2) is 279 Å². The highest BCUT2D eigenvalue weighted by atomic mass is 32.1. The van der Waals surface area contributed by atoms with Gasteiger partial charge in [-0.2, -0.15) is 0 Å². The third-order valence-corrected chi connectivity index (χ3v) is 18.1. The quantitative estimate of drug-likeness (QED) is 0.147. The summed E-state index contributed by atoms with van der Waals surface area (Å²) in [4.78, 5) is 0. The van der Waals surface area contributed by atoms with E-state index in [-0.39, 0.29) is 0 Å². The predicted octanol–water partition coefficient (Wildman–Crippen LogP) is 21.5. The van der Waals surface area contributed by atoms with Gasteiger partial charge in [0.15, 0.2) is 0 Å². The molecule has 17 aromatic rings. The molecule has 0 spiro atoms. The van der Waals surface area contributed by atoms with E-state index in [4.69, 9.17) is 0 Å². The van der Waals surface area contributed by atoms with Gasteiger partial charge >= 0.3 is 0 Å². The number of thiophene rings is 1. The minimum absolute atomic E-state index is 1.15. The van der Waals surface area contributed by atoms with E-state index in [1.807, 2.05) is 11.3 Å². The molecule has 79 heavy (non-hydrogen) atoms. The van der Waals surface area contributed by atoms with Crippen molar-refractivity contribution in [3.05, 3.63) is 279 Å². The van der Waals surface area contributed by atoms with Crippen molar-refractivity contribution in [2.45, 2.75) is 0 Å². The Morgan fingerprint density at radius 3 is 1.01 bits per heavy atom. The number of nitrogens with zero attached hydrogens (tertiary/aromatic N) is 2. The van der Waals surface area contributed by atoms with E-state index in [9.17, 15) is 0 Å². The Bertz CT molecular complexity index is 5250. The maximum atomic E-state index is 2.48. The summed E-state index contributed by atoms with van der Waals surface area (Å²) in [5.41, 5.74) is 17.1. The number of hydrogen-bond donors (Lipinski definition) is 0. The highest BCUT2D eigenvalue weighted by Gasteiger charge is 2.25. The number of hydrogen-bond acceptors (Lipinski definition) is 1. The van der Waals surface area contributed by atoms with Crippen LogP contribution in [0, 0.1) is 0 Å². The van der Waals surface area contributed by atoms with Gasteiger partial charge in [0, 0.05) is 69.8 Å². The van der Waals surface area contributed by atoms with Gasteiger partial charge in [-0.25, -0.2) is 0 Å². The Morgan fingerprint density at radius 1 is 0.228 bits per heavy atom. The number of para-hydroxylation sites is 6. The second-order valence-corrected chi connectivity index (χ2v) is 22.0. The zero-order valence-electron chi connectivity index (χ0n) is 42.9. The van der Waals surface area contributed by atoms with Gasteiger partial charge in [0.2, 0.25) is 0 Å². The number of rotatable bonds is 6. The average Bonchev–Trinajstić information content (AvgIpc) is 4.33. The lowest BCUT2D eigenvalue weighted by atomic mass is 9.85. The molecule has 0 saturated heterocycles. The maximum absolute atomic E-state index is 2.48. The van der Waals surface area contributed by atoms with Gasteiger partial charge in [0.05, 0.1) is 22.1 Å². The summed E-state index contributed by atoms with van der Waals surface area (Å²) in [5, 5.41) is 17.5. The first-order chi connectivity index (χ1) is 39.3. The van der Waals surface area contributed by atoms with Crippen molar-refractivity contribution < 1.29 is 0 Å². The van der Waals surface area contributed by atoms with Gasteiger partial charge in [-0.15, -0.1) is 11.3 Å². The second-order valence-electron chi connectivity index (χ2n) is 21.0. The van der Waals surface area contributed by atoms with Crippen LogP contribution in [0.25, 0.3) is 163 Å². The normalized spacial score (nSPS) is 12.1. The second kappa shape index (κ2) is 17.2. The van der Waals surface area contributed by atoms with Gasteiger partial charge in [-0.3, -0.25) is 0 Å². The first-order valence-corrected chi connectivity index (χ1v) is 28.1. The molecule has 366 valence electrons. The molecule has 0 atom stereocenters. The van der Waals surface area contributed by atoms with Crippen molar-refractivity contribution in [3.63, 3.8) is 0 Å². The summed E-state index contributed by atoms with van der Waals surface area (Å²) in [7, 11) is 0. The minimum Gasteiger partial charge on any atom is -0.309 e. The van der Waals surface area contributed by atoms with Gasteiger partial charge in [0.1, 0.15) is 0 Å². The molecule has 0 fully saturated rings. The monoisotopic (exact) mass is 1020 g/mol. The van der Waals surface area contributed by atoms with Crippen molar-refractivity contribution in [2.24, 2.45) is 0 Å². The van der Waals surface area contributed by atoms with Crippen LogP contribution in [0.5, 0.6) is 0 Å². The Hall–Kier alpha value is -10.1. The van der Waals surface area contributed by atoms with E-state index < -0.39 is 0 Å². The molecule has 0 aliphatic carbocycles. The summed E-state index contributed by atoms with van der Waals surface area (Å²) < 4.78 is 7.52. The van der Waals surface area contributed by atoms with Crippen LogP contribution in [0.2, 0.25) is 0 Å². The van der Waals surface area contributed by atoms with E-state index in [0.29, 0.717) is 0 Å². The molecule has 0 amide bonds. The molecule has 0 radical (unpaired) electrons. The Labute approximate surface area is 459 Å². The van der Waals surface area contributed by atoms with Crippen LogP contribution in [0.3, 0.4) is 0 Å². The van der Waals surface area contributed by atoms with Crippen molar-refractivity contribution in [3.8, 4) is 55.9 Å². The number of benzene rings is 14. The average molecular weight is 1020 g/mol. The summed E-state index contributed by atoms with van der Waals surface area (Å²) in [6, 6.07) is 104. The molecule has 3 heteroatoms. The molecule has 0 aliphatic rings. The lowest BCUT2D eigenvalue weighted by Gasteiger charge is -2.19. The predicted molar refractivity (Wildman–Crippen MR) is 340 cm³/mol. The summed E-state index contributed by atoms with van der Waals surface area (Å²) in [6.45, 7) is 0. The summed E-state index contributed by atoms with van der Waals surface area (Å²) in [6.07, 6.45) is 0. The van der Waals surface area contributed by atoms with Crippen LogP contribution in [0.4, 0.5) is 0 Å². The van der Waals surface area contributed by atoms with Crippen LogP contribution in [0.1, 0.15) is 0 Å². The van der Waals surface area contributed by atoms with Gasteiger partial charge in [-0.1, -0.05) is 231 Å². The zero-order valence-corrected chi connectivity index (χ0v) is 43.7. The minimum atomic E-state index is 1.15. The first-order valence-electron chi connectivity index (χ1n) is 27.3. The van der Waals surface area contributed by atoms with Crippen LogP contribution < -0.4 is 0 Å². The molecule has 3 heterocycles. The molecule has 0 bridgehead atoms. The molecule has 0 unspecified atom stereocenters. The van der Waals surface area contributed by atoms with Crippen LogP contribution in [-0.2, 0) is 0 Å². The fourth-order valence-corrected chi connectivity index (χ4v) is 14.9. The lowest BCUT2D eigenvalue weighted by molar-refractivity contribution is 1.18. The third-order valence-electron chi connectivity index (χ3n) is 16.9. The van der Waals surface area contributed by atoms with E-state index in [1.165, 1.54) is 151 Å².